The molecule has 7 nitrogen and oxygen atoms in total. The van der Waals surface area contributed by atoms with Crippen molar-refractivity contribution in [3.63, 3.8) is 0 Å². The van der Waals surface area contributed by atoms with E-state index in [1.165, 1.54) is 22.3 Å². The van der Waals surface area contributed by atoms with Gasteiger partial charge in [-0.05, 0) is 125 Å². The second-order valence-corrected chi connectivity index (χ2v) is 14.2. The van der Waals surface area contributed by atoms with Crippen LogP contribution in [0.4, 0.5) is 17.1 Å². The molecule has 8 heteroatoms. The maximum Gasteiger partial charge on any atom is 0.117 e. The smallest absolute Gasteiger partial charge is 0.117 e. The molecule has 10 N–H and O–H groups in total. The van der Waals surface area contributed by atoms with Gasteiger partial charge in [-0.25, -0.2) is 0 Å². The molecule has 0 spiro atoms. The lowest BCUT2D eigenvalue weighted by molar-refractivity contribution is 0.116. The quantitative estimate of drug-likeness (QED) is 0.0664. The maximum atomic E-state index is 9.76. The number of terminal acetylenes is 1. The molecule has 0 radical (unpaired) electrons. The first kappa shape index (κ1) is 49.9. The number of nitrogen functional groups attached to an aromatic ring is 3. The zero-order valence-corrected chi connectivity index (χ0v) is 34.8. The summed E-state index contributed by atoms with van der Waals surface area (Å²) in [4.78, 5) is 0. The Balaban J connectivity index is 0. The van der Waals surface area contributed by atoms with E-state index in [0.717, 1.165) is 59.7 Å². The van der Waals surface area contributed by atoms with Gasteiger partial charge in [0, 0.05) is 33.3 Å². The van der Waals surface area contributed by atoms with Gasteiger partial charge >= 0.3 is 0 Å². The summed E-state index contributed by atoms with van der Waals surface area (Å²) in [5.74, 6) is 8.62. The zero-order chi connectivity index (χ0) is 39.7. The SMILES string of the molecule is C#CC(O)C(C)C.CCc1ccc(N)c(C#CC(O)C(C)C)c1.CCc1ccc(N)c(CCC(O)C(C)C)c1.CCc1ccc(N)c(I)c1.CO. The average Bonchev–Trinajstić information content (AvgIpc) is 3.12. The first-order valence-electron chi connectivity index (χ1n) is 17.8. The Hall–Kier alpha value is -3.25. The molecule has 3 aromatic rings. The molecule has 0 fully saturated rings. The molecule has 3 atom stereocenters. The van der Waals surface area contributed by atoms with Crippen molar-refractivity contribution in [1.82, 2.24) is 0 Å². The van der Waals surface area contributed by atoms with E-state index in [9.17, 15) is 10.2 Å². The van der Waals surface area contributed by atoms with Crippen LogP contribution in [-0.2, 0) is 25.7 Å². The lowest BCUT2D eigenvalue weighted by Gasteiger charge is -2.15. The lowest BCUT2D eigenvalue weighted by atomic mass is 9.97. The Morgan fingerprint density at radius 2 is 1.10 bits per heavy atom. The number of halogens is 1. The molecule has 0 aliphatic rings. The van der Waals surface area contributed by atoms with Gasteiger partial charge in [-0.15, -0.1) is 6.42 Å². The summed E-state index contributed by atoms with van der Waals surface area (Å²) >= 11 is 2.25. The minimum Gasteiger partial charge on any atom is -0.400 e. The fourth-order valence-corrected chi connectivity index (χ4v) is 4.54. The molecule has 0 aliphatic heterocycles. The molecular weight excluding hydrogens is 749 g/mol. The lowest BCUT2D eigenvalue weighted by Crippen LogP contribution is -2.15. The summed E-state index contributed by atoms with van der Waals surface area (Å²) in [6, 6.07) is 18.2. The molecule has 0 saturated carbocycles. The van der Waals surface area contributed by atoms with Crippen LogP contribution in [0.25, 0.3) is 0 Å². The highest BCUT2D eigenvalue weighted by atomic mass is 127. The van der Waals surface area contributed by atoms with Crippen molar-refractivity contribution in [1.29, 1.82) is 0 Å². The second kappa shape index (κ2) is 28.3. The summed E-state index contributed by atoms with van der Waals surface area (Å²) in [7, 11) is 1.00. The summed E-state index contributed by atoms with van der Waals surface area (Å²) in [5.41, 5.74) is 25.6. The number of benzene rings is 3. The van der Waals surface area contributed by atoms with Crippen molar-refractivity contribution in [3.8, 4) is 24.2 Å². The van der Waals surface area contributed by atoms with Gasteiger partial charge in [-0.1, -0.05) is 104 Å². The Bertz CT molecular complexity index is 1490. The number of aryl methyl sites for hydroxylation is 4. The monoisotopic (exact) mass is 815 g/mol. The van der Waals surface area contributed by atoms with E-state index in [4.69, 9.17) is 33.8 Å². The van der Waals surface area contributed by atoms with E-state index in [1.54, 1.807) is 0 Å². The predicted octanol–water partition coefficient (Wildman–Crippen LogP) is 7.66. The number of hydrogen-bond acceptors (Lipinski definition) is 7. The first-order chi connectivity index (χ1) is 24.0. The van der Waals surface area contributed by atoms with E-state index >= 15 is 0 Å². The third-order valence-corrected chi connectivity index (χ3v) is 8.82. The zero-order valence-electron chi connectivity index (χ0n) is 32.7. The number of aliphatic hydroxyl groups is 4. The van der Waals surface area contributed by atoms with Crippen LogP contribution < -0.4 is 17.2 Å². The van der Waals surface area contributed by atoms with Crippen molar-refractivity contribution < 1.29 is 20.4 Å². The summed E-state index contributed by atoms with van der Waals surface area (Å²) in [5, 5.41) is 35.1. The third-order valence-electron chi connectivity index (χ3n) is 7.88. The number of aliphatic hydroxyl groups excluding tert-OH is 4. The Morgan fingerprint density at radius 3 is 1.51 bits per heavy atom. The van der Waals surface area contributed by atoms with Crippen LogP contribution in [0.1, 0.15) is 96.6 Å². The Morgan fingerprint density at radius 1 is 0.647 bits per heavy atom. The molecule has 0 aromatic heterocycles. The Labute approximate surface area is 323 Å². The highest BCUT2D eigenvalue weighted by Gasteiger charge is 2.10. The third kappa shape index (κ3) is 21.7. The molecule has 51 heavy (non-hydrogen) atoms. The molecule has 0 bridgehead atoms. The normalized spacial score (nSPS) is 11.8. The van der Waals surface area contributed by atoms with Crippen molar-refractivity contribution >= 4 is 39.7 Å². The minimum absolute atomic E-state index is 0.142. The fourth-order valence-electron chi connectivity index (χ4n) is 3.97. The maximum absolute atomic E-state index is 9.76. The van der Waals surface area contributed by atoms with Gasteiger partial charge in [-0.3, -0.25) is 0 Å². The molecule has 0 saturated heterocycles. The van der Waals surface area contributed by atoms with E-state index in [-0.39, 0.29) is 17.9 Å². The van der Waals surface area contributed by atoms with Gasteiger partial charge in [0.15, 0.2) is 0 Å². The van der Waals surface area contributed by atoms with Crippen molar-refractivity contribution in [3.05, 3.63) is 86.0 Å². The number of anilines is 3. The van der Waals surface area contributed by atoms with E-state index in [0.29, 0.717) is 11.6 Å². The number of nitrogens with two attached hydrogens (primary N) is 3. The largest absolute Gasteiger partial charge is 0.400 e. The fraction of sp³-hybridized carbons (Fsp3) is 0.488. The predicted molar refractivity (Wildman–Crippen MR) is 228 cm³/mol. The van der Waals surface area contributed by atoms with Crippen LogP contribution in [0.3, 0.4) is 0 Å². The standard InChI is InChI=1S/C14H23NO.C14H19NO.C8H10IN.C6H10O.CH4O/c2*1-4-11-5-7-13(15)12(9-11)6-8-14(16)10(2)3;1-2-6-3-4-8(10)7(9)5-6;1-4-6(7)5(2)3;1-2/h5,7,9-10,14,16H,4,6,8,15H2,1-3H3;5,7,9-10,14,16H,4,15H2,1-3H3;3-5H,2,10H2,1H3;1,5-7H,2-3H3;2H,1H3. The molecular formula is C43H66IN3O4. The van der Waals surface area contributed by atoms with Crippen molar-refractivity contribution in [2.45, 2.75) is 113 Å². The van der Waals surface area contributed by atoms with E-state index < -0.39 is 12.2 Å². The van der Waals surface area contributed by atoms with E-state index in [1.807, 2.05) is 71.9 Å². The Kier molecular flexibility index (Phi) is 27.7. The minimum atomic E-state index is -0.593. The van der Waals surface area contributed by atoms with Crippen LogP contribution in [0.5, 0.6) is 0 Å². The van der Waals surface area contributed by atoms with E-state index in [2.05, 4.69) is 85.4 Å². The average molecular weight is 816 g/mol. The molecule has 0 aliphatic carbocycles. The molecule has 3 unspecified atom stereocenters. The molecule has 3 rings (SSSR count). The van der Waals surface area contributed by atoms with Gasteiger partial charge in [0.1, 0.15) is 12.2 Å². The van der Waals surface area contributed by atoms with Crippen molar-refractivity contribution in [2.75, 3.05) is 24.3 Å². The van der Waals surface area contributed by atoms with Gasteiger partial charge in [0.25, 0.3) is 0 Å². The van der Waals surface area contributed by atoms with Crippen LogP contribution in [0, 0.1) is 45.5 Å². The molecule has 0 amide bonds. The van der Waals surface area contributed by atoms with Crippen LogP contribution >= 0.6 is 22.6 Å². The number of rotatable bonds is 9. The molecule has 0 heterocycles. The van der Waals surface area contributed by atoms with Crippen LogP contribution in [0.2, 0.25) is 0 Å². The van der Waals surface area contributed by atoms with Gasteiger partial charge < -0.3 is 37.6 Å². The van der Waals surface area contributed by atoms with Crippen LogP contribution in [0.15, 0.2) is 54.6 Å². The van der Waals surface area contributed by atoms with Gasteiger partial charge in [0.2, 0.25) is 0 Å². The summed E-state index contributed by atoms with van der Waals surface area (Å²) in [6.45, 7) is 18.1. The highest BCUT2D eigenvalue weighted by Crippen LogP contribution is 2.19. The molecule has 3 aromatic carbocycles. The first-order valence-corrected chi connectivity index (χ1v) is 18.8. The molecule has 284 valence electrons. The summed E-state index contributed by atoms with van der Waals surface area (Å²) < 4.78 is 1.15. The van der Waals surface area contributed by atoms with Gasteiger partial charge in [-0.2, -0.15) is 0 Å². The topological polar surface area (TPSA) is 159 Å². The number of hydrogen-bond donors (Lipinski definition) is 7. The second-order valence-electron chi connectivity index (χ2n) is 13.0. The highest BCUT2D eigenvalue weighted by molar-refractivity contribution is 14.1. The van der Waals surface area contributed by atoms with Crippen molar-refractivity contribution in [2.24, 2.45) is 17.8 Å². The van der Waals surface area contributed by atoms with Gasteiger partial charge in [0.05, 0.1) is 6.10 Å². The van der Waals surface area contributed by atoms with Crippen LogP contribution in [-0.4, -0.2) is 45.8 Å². The summed E-state index contributed by atoms with van der Waals surface area (Å²) in [6.07, 6.45) is 8.19.